The Labute approximate surface area is 123 Å². The molecule has 0 saturated heterocycles. The molecule has 2 rings (SSSR count). The van der Waals surface area contributed by atoms with Crippen molar-refractivity contribution in [3.63, 3.8) is 0 Å². The summed E-state index contributed by atoms with van der Waals surface area (Å²) in [5, 5.41) is 11.6. The standard InChI is InChI=1S/C16H15N3O2/c1-21-15-6-5-14(18)8-13(15)10-19-16(20)12-4-2-3-11(7-12)9-17/h2-8H,10,18H2,1H3,(H,19,20). The van der Waals surface area contributed by atoms with Crippen molar-refractivity contribution in [2.75, 3.05) is 12.8 Å². The topological polar surface area (TPSA) is 88.1 Å². The van der Waals surface area contributed by atoms with Gasteiger partial charge in [-0.15, -0.1) is 0 Å². The maximum atomic E-state index is 12.1. The van der Waals surface area contributed by atoms with Crippen molar-refractivity contribution < 1.29 is 9.53 Å². The average molecular weight is 281 g/mol. The molecule has 2 aromatic rings. The van der Waals surface area contributed by atoms with Crippen LogP contribution in [0.1, 0.15) is 21.5 Å². The molecule has 0 bridgehead atoms. The smallest absolute Gasteiger partial charge is 0.251 e. The van der Waals surface area contributed by atoms with E-state index in [1.165, 1.54) is 0 Å². The predicted molar refractivity (Wildman–Crippen MR) is 79.7 cm³/mol. The maximum absolute atomic E-state index is 12.1. The van der Waals surface area contributed by atoms with Crippen LogP contribution in [0.5, 0.6) is 5.75 Å². The van der Waals surface area contributed by atoms with Crippen LogP contribution in [-0.2, 0) is 6.54 Å². The van der Waals surface area contributed by atoms with Crippen molar-refractivity contribution in [2.45, 2.75) is 6.54 Å². The Hall–Kier alpha value is -3.00. The van der Waals surface area contributed by atoms with Crippen molar-refractivity contribution in [3.8, 4) is 11.8 Å². The van der Waals surface area contributed by atoms with Crippen LogP contribution in [0.2, 0.25) is 0 Å². The van der Waals surface area contributed by atoms with Crippen molar-refractivity contribution in [1.82, 2.24) is 5.32 Å². The fourth-order valence-electron chi connectivity index (χ4n) is 1.94. The minimum absolute atomic E-state index is 0.253. The number of hydrogen-bond donors (Lipinski definition) is 2. The molecule has 0 aliphatic rings. The monoisotopic (exact) mass is 281 g/mol. The fraction of sp³-hybridized carbons (Fsp3) is 0.125. The Morgan fingerprint density at radius 1 is 1.33 bits per heavy atom. The quantitative estimate of drug-likeness (QED) is 0.840. The maximum Gasteiger partial charge on any atom is 0.251 e. The second kappa shape index (κ2) is 6.44. The molecule has 0 heterocycles. The number of amides is 1. The van der Waals surface area contributed by atoms with Crippen LogP contribution >= 0.6 is 0 Å². The van der Waals surface area contributed by atoms with E-state index in [0.29, 0.717) is 29.1 Å². The van der Waals surface area contributed by atoms with Gasteiger partial charge in [-0.1, -0.05) is 6.07 Å². The molecule has 1 amide bonds. The molecule has 0 atom stereocenters. The van der Waals surface area contributed by atoms with Gasteiger partial charge in [0, 0.05) is 23.4 Å². The predicted octanol–water partition coefficient (Wildman–Crippen LogP) is 2.08. The zero-order valence-corrected chi connectivity index (χ0v) is 11.6. The van der Waals surface area contributed by atoms with Crippen molar-refractivity contribution in [2.24, 2.45) is 0 Å². The normalized spacial score (nSPS) is 9.71. The lowest BCUT2D eigenvalue weighted by atomic mass is 10.1. The highest BCUT2D eigenvalue weighted by molar-refractivity contribution is 5.94. The highest BCUT2D eigenvalue weighted by Gasteiger charge is 2.08. The van der Waals surface area contributed by atoms with Crippen LogP contribution in [0, 0.1) is 11.3 Å². The molecule has 0 aromatic heterocycles. The number of nitrogen functional groups attached to an aromatic ring is 1. The van der Waals surface area contributed by atoms with E-state index in [9.17, 15) is 4.79 Å². The molecule has 21 heavy (non-hydrogen) atoms. The lowest BCUT2D eigenvalue weighted by molar-refractivity contribution is 0.0950. The van der Waals surface area contributed by atoms with E-state index in [2.05, 4.69) is 5.32 Å². The van der Waals surface area contributed by atoms with Crippen molar-refractivity contribution in [1.29, 1.82) is 5.26 Å². The lowest BCUT2D eigenvalue weighted by Gasteiger charge is -2.10. The van der Waals surface area contributed by atoms with E-state index in [0.717, 1.165) is 5.56 Å². The Morgan fingerprint density at radius 3 is 2.86 bits per heavy atom. The Kier molecular flexibility index (Phi) is 4.42. The first-order chi connectivity index (χ1) is 10.1. The summed E-state index contributed by atoms with van der Waals surface area (Å²) < 4.78 is 5.22. The third-order valence-corrected chi connectivity index (χ3v) is 3.00. The summed E-state index contributed by atoms with van der Waals surface area (Å²) in [6, 6.07) is 13.8. The summed E-state index contributed by atoms with van der Waals surface area (Å²) in [6.45, 7) is 0.295. The number of rotatable bonds is 4. The molecular formula is C16H15N3O2. The molecule has 0 radical (unpaired) electrons. The second-order valence-electron chi connectivity index (χ2n) is 4.45. The van der Waals surface area contributed by atoms with E-state index < -0.39 is 0 Å². The van der Waals surface area contributed by atoms with Gasteiger partial charge in [0.1, 0.15) is 5.75 Å². The second-order valence-corrected chi connectivity index (χ2v) is 4.45. The fourth-order valence-corrected chi connectivity index (χ4v) is 1.94. The minimum Gasteiger partial charge on any atom is -0.496 e. The Morgan fingerprint density at radius 2 is 2.14 bits per heavy atom. The van der Waals surface area contributed by atoms with Crippen LogP contribution in [0.25, 0.3) is 0 Å². The summed E-state index contributed by atoms with van der Waals surface area (Å²) in [7, 11) is 1.56. The number of carbonyl (C=O) groups excluding carboxylic acids is 1. The van der Waals surface area contributed by atoms with Gasteiger partial charge >= 0.3 is 0 Å². The molecule has 106 valence electrons. The SMILES string of the molecule is COc1ccc(N)cc1CNC(=O)c1cccc(C#N)c1. The van der Waals surface area contributed by atoms with Gasteiger partial charge in [-0.25, -0.2) is 0 Å². The summed E-state index contributed by atoms with van der Waals surface area (Å²) in [5.41, 5.74) is 8.02. The van der Waals surface area contributed by atoms with Gasteiger partial charge in [0.2, 0.25) is 0 Å². The Bertz CT molecular complexity index is 705. The van der Waals surface area contributed by atoms with E-state index in [4.69, 9.17) is 15.7 Å². The zero-order valence-electron chi connectivity index (χ0n) is 11.6. The first-order valence-electron chi connectivity index (χ1n) is 6.35. The van der Waals surface area contributed by atoms with Gasteiger partial charge in [0.15, 0.2) is 0 Å². The van der Waals surface area contributed by atoms with E-state index in [1.807, 2.05) is 6.07 Å². The van der Waals surface area contributed by atoms with Gasteiger partial charge in [0.25, 0.3) is 5.91 Å². The van der Waals surface area contributed by atoms with Crippen LogP contribution < -0.4 is 15.8 Å². The first kappa shape index (κ1) is 14.4. The number of nitrogens with two attached hydrogens (primary N) is 1. The molecule has 0 aliphatic carbocycles. The molecule has 3 N–H and O–H groups in total. The van der Waals surface area contributed by atoms with Gasteiger partial charge < -0.3 is 15.8 Å². The Balaban J connectivity index is 2.11. The van der Waals surface area contributed by atoms with E-state index >= 15 is 0 Å². The summed E-state index contributed by atoms with van der Waals surface area (Å²) in [4.78, 5) is 12.1. The van der Waals surface area contributed by atoms with Crippen LogP contribution in [0.4, 0.5) is 5.69 Å². The van der Waals surface area contributed by atoms with Crippen molar-refractivity contribution >= 4 is 11.6 Å². The minimum atomic E-state index is -0.253. The summed E-state index contributed by atoms with van der Waals surface area (Å²) in [6.07, 6.45) is 0. The number of anilines is 1. The summed E-state index contributed by atoms with van der Waals surface area (Å²) >= 11 is 0. The molecule has 0 saturated carbocycles. The van der Waals surface area contributed by atoms with Crippen molar-refractivity contribution in [3.05, 3.63) is 59.2 Å². The molecular weight excluding hydrogens is 266 g/mol. The number of hydrogen-bond acceptors (Lipinski definition) is 4. The van der Waals surface area contributed by atoms with Gasteiger partial charge in [-0.3, -0.25) is 4.79 Å². The highest BCUT2D eigenvalue weighted by Crippen LogP contribution is 2.20. The van der Waals surface area contributed by atoms with Gasteiger partial charge in [-0.2, -0.15) is 5.26 Å². The number of nitrogens with one attached hydrogen (secondary N) is 1. The van der Waals surface area contributed by atoms with Crippen LogP contribution in [0.3, 0.4) is 0 Å². The number of ether oxygens (including phenoxy) is 1. The number of carbonyl (C=O) groups is 1. The number of nitriles is 1. The van der Waals surface area contributed by atoms with Gasteiger partial charge in [0.05, 0.1) is 18.7 Å². The molecule has 0 fully saturated rings. The first-order valence-corrected chi connectivity index (χ1v) is 6.35. The van der Waals surface area contributed by atoms with E-state index in [1.54, 1.807) is 49.6 Å². The van der Waals surface area contributed by atoms with Crippen LogP contribution in [-0.4, -0.2) is 13.0 Å². The third-order valence-electron chi connectivity index (χ3n) is 3.00. The number of benzene rings is 2. The molecule has 2 aromatic carbocycles. The lowest BCUT2D eigenvalue weighted by Crippen LogP contribution is -2.23. The average Bonchev–Trinajstić information content (AvgIpc) is 2.52. The molecule has 0 unspecified atom stereocenters. The molecule has 0 aliphatic heterocycles. The van der Waals surface area contributed by atoms with Gasteiger partial charge in [-0.05, 0) is 36.4 Å². The third kappa shape index (κ3) is 3.51. The highest BCUT2D eigenvalue weighted by atomic mass is 16.5. The van der Waals surface area contributed by atoms with Crippen LogP contribution in [0.15, 0.2) is 42.5 Å². The number of methoxy groups -OCH3 is 1. The molecule has 5 nitrogen and oxygen atoms in total. The number of nitrogens with zero attached hydrogens (tertiary/aromatic N) is 1. The molecule has 5 heteroatoms. The summed E-state index contributed by atoms with van der Waals surface area (Å²) in [5.74, 6) is 0.409. The molecule has 0 spiro atoms. The largest absolute Gasteiger partial charge is 0.496 e. The van der Waals surface area contributed by atoms with E-state index in [-0.39, 0.29) is 5.91 Å². The zero-order chi connectivity index (χ0) is 15.2.